The molecule has 18 heavy (non-hydrogen) atoms. The lowest BCUT2D eigenvalue weighted by Gasteiger charge is -2.26. The van der Waals surface area contributed by atoms with E-state index in [9.17, 15) is 0 Å². The van der Waals surface area contributed by atoms with Gasteiger partial charge in [-0.1, -0.05) is 18.2 Å². The average molecular weight is 246 g/mol. The number of hydrogen-bond donors (Lipinski definition) is 1. The summed E-state index contributed by atoms with van der Waals surface area (Å²) in [4.78, 5) is 2.62. The molecule has 1 saturated carbocycles. The molecule has 0 bridgehead atoms. The smallest absolute Gasteiger partial charge is 0.0346 e. The highest BCUT2D eigenvalue weighted by atomic mass is 15.1. The SMILES string of the molecule is CC(C)N(CCCc1ccccc1N)CC1CC1. The first kappa shape index (κ1) is 13.4. The Morgan fingerprint density at radius 3 is 2.61 bits per heavy atom. The number of nitrogens with two attached hydrogens (primary N) is 1. The molecule has 0 saturated heterocycles. The van der Waals surface area contributed by atoms with E-state index in [0.717, 1.165) is 18.0 Å². The molecule has 100 valence electrons. The van der Waals surface area contributed by atoms with Gasteiger partial charge in [-0.3, -0.25) is 0 Å². The minimum atomic E-state index is 0.665. The predicted octanol–water partition coefficient (Wildman–Crippen LogP) is 3.32. The number of benzene rings is 1. The Labute approximate surface area is 111 Å². The molecule has 2 N–H and O–H groups in total. The van der Waals surface area contributed by atoms with Crippen LogP contribution in [0.4, 0.5) is 5.69 Å². The Bertz CT molecular complexity index is 369. The van der Waals surface area contributed by atoms with Crippen LogP contribution >= 0.6 is 0 Å². The van der Waals surface area contributed by atoms with Crippen LogP contribution in [-0.4, -0.2) is 24.0 Å². The monoisotopic (exact) mass is 246 g/mol. The molecule has 0 aromatic heterocycles. The summed E-state index contributed by atoms with van der Waals surface area (Å²) in [5, 5.41) is 0. The van der Waals surface area contributed by atoms with Crippen molar-refractivity contribution < 1.29 is 0 Å². The first-order chi connectivity index (χ1) is 8.66. The zero-order chi connectivity index (χ0) is 13.0. The lowest BCUT2D eigenvalue weighted by molar-refractivity contribution is 0.210. The normalized spacial score (nSPS) is 15.6. The fourth-order valence-corrected chi connectivity index (χ4v) is 2.43. The highest BCUT2D eigenvalue weighted by Gasteiger charge is 2.25. The Morgan fingerprint density at radius 1 is 1.28 bits per heavy atom. The van der Waals surface area contributed by atoms with Crippen molar-refractivity contribution in [2.45, 2.75) is 45.6 Å². The van der Waals surface area contributed by atoms with E-state index in [4.69, 9.17) is 5.73 Å². The third kappa shape index (κ3) is 4.02. The van der Waals surface area contributed by atoms with Gasteiger partial charge in [-0.25, -0.2) is 0 Å². The van der Waals surface area contributed by atoms with Gasteiger partial charge in [0.25, 0.3) is 0 Å². The minimum absolute atomic E-state index is 0.665. The van der Waals surface area contributed by atoms with Gasteiger partial charge in [0, 0.05) is 18.3 Å². The van der Waals surface area contributed by atoms with E-state index < -0.39 is 0 Å². The van der Waals surface area contributed by atoms with Crippen LogP contribution in [0.15, 0.2) is 24.3 Å². The number of para-hydroxylation sites is 1. The van der Waals surface area contributed by atoms with Crippen LogP contribution in [0.3, 0.4) is 0 Å². The summed E-state index contributed by atoms with van der Waals surface area (Å²) < 4.78 is 0. The molecule has 2 heteroatoms. The molecule has 1 fully saturated rings. The number of nitrogen functional groups attached to an aromatic ring is 1. The largest absolute Gasteiger partial charge is 0.399 e. The molecule has 1 aromatic rings. The van der Waals surface area contributed by atoms with E-state index in [2.05, 4.69) is 30.9 Å². The van der Waals surface area contributed by atoms with E-state index in [1.807, 2.05) is 12.1 Å². The van der Waals surface area contributed by atoms with E-state index >= 15 is 0 Å². The first-order valence-corrected chi connectivity index (χ1v) is 7.24. The van der Waals surface area contributed by atoms with Crippen LogP contribution in [-0.2, 0) is 6.42 Å². The maximum atomic E-state index is 5.97. The van der Waals surface area contributed by atoms with Crippen molar-refractivity contribution in [1.29, 1.82) is 0 Å². The number of hydrogen-bond acceptors (Lipinski definition) is 2. The van der Waals surface area contributed by atoms with Gasteiger partial charge in [0.2, 0.25) is 0 Å². The summed E-state index contributed by atoms with van der Waals surface area (Å²) in [6, 6.07) is 8.90. The van der Waals surface area contributed by atoms with Gasteiger partial charge in [0.05, 0.1) is 0 Å². The van der Waals surface area contributed by atoms with Crippen LogP contribution in [0.1, 0.15) is 38.7 Å². The van der Waals surface area contributed by atoms with E-state index in [1.54, 1.807) is 0 Å². The van der Waals surface area contributed by atoms with Crippen molar-refractivity contribution in [3.8, 4) is 0 Å². The van der Waals surface area contributed by atoms with Crippen molar-refractivity contribution in [3.63, 3.8) is 0 Å². The molecule has 0 amide bonds. The van der Waals surface area contributed by atoms with Crippen molar-refractivity contribution in [1.82, 2.24) is 4.90 Å². The molecule has 1 aliphatic carbocycles. The van der Waals surface area contributed by atoms with E-state index in [0.29, 0.717) is 6.04 Å². The highest BCUT2D eigenvalue weighted by molar-refractivity contribution is 5.46. The number of aryl methyl sites for hydroxylation is 1. The molecule has 1 aliphatic rings. The van der Waals surface area contributed by atoms with Gasteiger partial charge in [-0.2, -0.15) is 0 Å². The molecule has 0 heterocycles. The van der Waals surface area contributed by atoms with E-state index in [1.165, 1.54) is 37.9 Å². The summed E-state index contributed by atoms with van der Waals surface area (Å²) in [6.07, 6.45) is 5.18. The van der Waals surface area contributed by atoms with Gasteiger partial charge in [-0.05, 0) is 63.6 Å². The fourth-order valence-electron chi connectivity index (χ4n) is 2.43. The van der Waals surface area contributed by atoms with Gasteiger partial charge in [0.15, 0.2) is 0 Å². The Kier molecular flexibility index (Phi) is 4.65. The van der Waals surface area contributed by atoms with Crippen molar-refractivity contribution in [2.75, 3.05) is 18.8 Å². The number of rotatable bonds is 7. The molecule has 0 spiro atoms. The second-order valence-corrected chi connectivity index (χ2v) is 5.83. The second-order valence-electron chi connectivity index (χ2n) is 5.83. The molecule has 1 aromatic carbocycles. The Hall–Kier alpha value is -1.02. The van der Waals surface area contributed by atoms with Crippen LogP contribution in [0.2, 0.25) is 0 Å². The Morgan fingerprint density at radius 2 is 2.00 bits per heavy atom. The van der Waals surface area contributed by atoms with Gasteiger partial charge < -0.3 is 10.6 Å². The van der Waals surface area contributed by atoms with E-state index in [-0.39, 0.29) is 0 Å². The van der Waals surface area contributed by atoms with Crippen LogP contribution < -0.4 is 5.73 Å². The third-order valence-corrected chi connectivity index (χ3v) is 3.87. The second kappa shape index (κ2) is 6.24. The summed E-state index contributed by atoms with van der Waals surface area (Å²) in [5.41, 5.74) is 8.21. The molecule has 2 rings (SSSR count). The standard InChI is InChI=1S/C16H26N2/c1-13(2)18(12-14-9-10-14)11-5-7-15-6-3-4-8-16(15)17/h3-4,6,8,13-14H,5,7,9-12,17H2,1-2H3. The number of nitrogens with zero attached hydrogens (tertiary/aromatic N) is 1. The summed E-state index contributed by atoms with van der Waals surface area (Å²) in [6.45, 7) is 7.10. The van der Waals surface area contributed by atoms with Crippen molar-refractivity contribution >= 4 is 5.69 Å². The first-order valence-electron chi connectivity index (χ1n) is 7.24. The molecule has 2 nitrogen and oxygen atoms in total. The van der Waals surface area contributed by atoms with Crippen molar-refractivity contribution in [2.24, 2.45) is 5.92 Å². The number of anilines is 1. The lowest BCUT2D eigenvalue weighted by Crippen LogP contribution is -2.33. The predicted molar refractivity (Wildman–Crippen MR) is 78.6 cm³/mol. The highest BCUT2D eigenvalue weighted by Crippen LogP contribution is 2.30. The summed E-state index contributed by atoms with van der Waals surface area (Å²) in [5.74, 6) is 0.981. The quantitative estimate of drug-likeness (QED) is 0.748. The topological polar surface area (TPSA) is 29.3 Å². The molecule has 0 unspecified atom stereocenters. The molecule has 0 atom stereocenters. The minimum Gasteiger partial charge on any atom is -0.399 e. The maximum absolute atomic E-state index is 5.97. The van der Waals surface area contributed by atoms with Gasteiger partial charge in [-0.15, -0.1) is 0 Å². The Balaban J connectivity index is 1.77. The third-order valence-electron chi connectivity index (χ3n) is 3.87. The zero-order valence-corrected chi connectivity index (χ0v) is 11.7. The van der Waals surface area contributed by atoms with Gasteiger partial charge in [0.1, 0.15) is 0 Å². The molecule has 0 radical (unpaired) electrons. The summed E-state index contributed by atoms with van der Waals surface area (Å²) >= 11 is 0. The fraction of sp³-hybridized carbons (Fsp3) is 0.625. The average Bonchev–Trinajstić information content (AvgIpc) is 3.14. The summed E-state index contributed by atoms with van der Waals surface area (Å²) in [7, 11) is 0. The van der Waals surface area contributed by atoms with Crippen LogP contribution in [0, 0.1) is 5.92 Å². The zero-order valence-electron chi connectivity index (χ0n) is 11.7. The van der Waals surface area contributed by atoms with Crippen LogP contribution in [0.5, 0.6) is 0 Å². The molecule has 0 aliphatic heterocycles. The molecular formula is C16H26N2. The van der Waals surface area contributed by atoms with Crippen molar-refractivity contribution in [3.05, 3.63) is 29.8 Å². The maximum Gasteiger partial charge on any atom is 0.0346 e. The van der Waals surface area contributed by atoms with Gasteiger partial charge >= 0.3 is 0 Å². The lowest BCUT2D eigenvalue weighted by atomic mass is 10.1. The molecular weight excluding hydrogens is 220 g/mol. The van der Waals surface area contributed by atoms with Crippen LogP contribution in [0.25, 0.3) is 0 Å².